The van der Waals surface area contributed by atoms with Gasteiger partial charge in [-0.05, 0) is 24.2 Å². The summed E-state index contributed by atoms with van der Waals surface area (Å²) in [5.41, 5.74) is 0.796. The number of thiophene rings is 1. The van der Waals surface area contributed by atoms with E-state index in [9.17, 15) is 14.4 Å². The molecule has 2 aromatic rings. The number of urea groups is 1. The number of hydrogen-bond acceptors (Lipinski definition) is 5. The van der Waals surface area contributed by atoms with Crippen molar-refractivity contribution >= 4 is 40.8 Å². The van der Waals surface area contributed by atoms with Crippen LogP contribution in [0.4, 0.5) is 4.79 Å². The highest BCUT2D eigenvalue weighted by Gasteiger charge is 2.44. The first-order valence-electron chi connectivity index (χ1n) is 8.17. The maximum atomic E-state index is 12.6. The normalized spacial score (nSPS) is 14.8. The molecule has 6 nitrogen and oxygen atoms in total. The van der Waals surface area contributed by atoms with E-state index >= 15 is 0 Å². The van der Waals surface area contributed by atoms with Gasteiger partial charge < -0.3 is 0 Å². The molecule has 0 bridgehead atoms. The molecule has 0 spiro atoms. The molecule has 0 radical (unpaired) electrons. The molecule has 0 N–H and O–H groups in total. The topological polar surface area (TPSA) is 60.9 Å². The SMILES string of the molecule is CCN(Cc1ccc(Cl)s1)CN1C(=O)C(=O)N(Cc2ccccc2)C1=O. The number of carbonyl (C=O) groups is 3. The number of imide groups is 2. The van der Waals surface area contributed by atoms with E-state index in [0.29, 0.717) is 17.4 Å². The summed E-state index contributed by atoms with van der Waals surface area (Å²) in [4.78, 5) is 42.1. The smallest absolute Gasteiger partial charge is 0.281 e. The summed E-state index contributed by atoms with van der Waals surface area (Å²) in [7, 11) is 0. The van der Waals surface area contributed by atoms with Gasteiger partial charge in [0.15, 0.2) is 0 Å². The molecule has 1 aliphatic heterocycles. The third-order valence-corrected chi connectivity index (χ3v) is 5.33. The third-order valence-electron chi connectivity index (χ3n) is 4.12. The lowest BCUT2D eigenvalue weighted by Crippen LogP contribution is -2.41. The molecule has 0 atom stereocenters. The number of hydrogen-bond donors (Lipinski definition) is 0. The minimum atomic E-state index is -0.784. The molecule has 8 heteroatoms. The van der Waals surface area contributed by atoms with Crippen molar-refractivity contribution in [3.05, 3.63) is 57.2 Å². The van der Waals surface area contributed by atoms with Gasteiger partial charge in [-0.2, -0.15) is 0 Å². The first-order chi connectivity index (χ1) is 12.5. The molecule has 1 aliphatic rings. The van der Waals surface area contributed by atoms with Crippen LogP contribution in [-0.2, 0) is 22.7 Å². The van der Waals surface area contributed by atoms with Crippen molar-refractivity contribution in [3.63, 3.8) is 0 Å². The fourth-order valence-corrected chi connectivity index (χ4v) is 3.83. The number of nitrogens with zero attached hydrogens (tertiary/aromatic N) is 3. The van der Waals surface area contributed by atoms with E-state index in [1.165, 1.54) is 11.3 Å². The fourth-order valence-electron chi connectivity index (χ4n) is 2.70. The molecule has 1 saturated heterocycles. The molecular formula is C18H18ClN3O3S. The van der Waals surface area contributed by atoms with Crippen molar-refractivity contribution in [1.29, 1.82) is 0 Å². The third kappa shape index (κ3) is 3.95. The van der Waals surface area contributed by atoms with Crippen LogP contribution in [0.2, 0.25) is 4.34 Å². The van der Waals surface area contributed by atoms with E-state index in [1.807, 2.05) is 54.3 Å². The highest BCUT2D eigenvalue weighted by Crippen LogP contribution is 2.23. The molecule has 0 unspecified atom stereocenters. The maximum Gasteiger partial charge on any atom is 0.335 e. The Morgan fingerprint density at radius 2 is 1.69 bits per heavy atom. The lowest BCUT2D eigenvalue weighted by molar-refractivity contribution is -0.144. The predicted octanol–water partition coefficient (Wildman–Crippen LogP) is 3.17. The van der Waals surface area contributed by atoms with E-state index in [1.54, 1.807) is 0 Å². The Morgan fingerprint density at radius 1 is 1.00 bits per heavy atom. The summed E-state index contributed by atoms with van der Waals surface area (Å²) in [5.74, 6) is -1.57. The minimum absolute atomic E-state index is 0.0702. The molecule has 2 heterocycles. The summed E-state index contributed by atoms with van der Waals surface area (Å²) in [6.07, 6.45) is 0. The second-order valence-corrected chi connectivity index (χ2v) is 7.68. The quantitative estimate of drug-likeness (QED) is 0.537. The molecule has 1 aromatic heterocycles. The summed E-state index contributed by atoms with van der Waals surface area (Å²) in [5, 5.41) is 0. The van der Waals surface area contributed by atoms with E-state index in [2.05, 4.69) is 0 Å². The monoisotopic (exact) mass is 391 g/mol. The zero-order valence-corrected chi connectivity index (χ0v) is 15.8. The first kappa shape index (κ1) is 18.6. The minimum Gasteiger partial charge on any atom is -0.281 e. The molecule has 136 valence electrons. The van der Waals surface area contributed by atoms with Crippen molar-refractivity contribution in [2.75, 3.05) is 13.2 Å². The summed E-state index contributed by atoms with van der Waals surface area (Å²) in [6.45, 7) is 3.27. The highest BCUT2D eigenvalue weighted by atomic mass is 35.5. The Bertz CT molecular complexity index is 824. The van der Waals surface area contributed by atoms with E-state index in [-0.39, 0.29) is 13.2 Å². The number of carbonyl (C=O) groups excluding carboxylic acids is 3. The lowest BCUT2D eigenvalue weighted by atomic mass is 10.2. The predicted molar refractivity (Wildman–Crippen MR) is 99.5 cm³/mol. The van der Waals surface area contributed by atoms with Crippen molar-refractivity contribution in [2.24, 2.45) is 0 Å². The molecule has 0 aliphatic carbocycles. The molecule has 1 fully saturated rings. The van der Waals surface area contributed by atoms with Gasteiger partial charge in [-0.25, -0.2) is 9.69 Å². The van der Waals surface area contributed by atoms with Gasteiger partial charge in [0.05, 0.1) is 17.5 Å². The van der Waals surface area contributed by atoms with Crippen LogP contribution in [-0.4, -0.2) is 45.8 Å². The van der Waals surface area contributed by atoms with Gasteiger partial charge in [-0.1, -0.05) is 48.9 Å². The van der Waals surface area contributed by atoms with Gasteiger partial charge in [0.1, 0.15) is 0 Å². The van der Waals surface area contributed by atoms with Crippen LogP contribution in [0, 0.1) is 0 Å². The lowest BCUT2D eigenvalue weighted by Gasteiger charge is -2.24. The number of benzene rings is 1. The number of halogens is 1. The molecule has 26 heavy (non-hydrogen) atoms. The zero-order chi connectivity index (χ0) is 18.7. The number of amides is 4. The highest BCUT2D eigenvalue weighted by molar-refractivity contribution is 7.16. The second kappa shape index (κ2) is 7.99. The summed E-state index contributed by atoms with van der Waals surface area (Å²) in [6, 6.07) is 12.3. The summed E-state index contributed by atoms with van der Waals surface area (Å²) >= 11 is 7.40. The fraction of sp³-hybridized carbons (Fsp3) is 0.278. The Morgan fingerprint density at radius 3 is 2.31 bits per heavy atom. The Hall–Kier alpha value is -2.22. The Balaban J connectivity index is 1.69. The maximum absolute atomic E-state index is 12.6. The van der Waals surface area contributed by atoms with Crippen molar-refractivity contribution in [1.82, 2.24) is 14.7 Å². The standard InChI is InChI=1S/C18H18ClN3O3S/c1-2-20(11-14-8-9-15(19)26-14)12-22-17(24)16(23)21(18(22)25)10-13-6-4-3-5-7-13/h3-9H,2,10-12H2,1H3. The van der Waals surface area contributed by atoms with Crippen LogP contribution in [0.3, 0.4) is 0 Å². The van der Waals surface area contributed by atoms with Crippen LogP contribution in [0.25, 0.3) is 0 Å². The Kier molecular flexibility index (Phi) is 5.70. The molecule has 4 amide bonds. The molecule has 0 saturated carbocycles. The van der Waals surface area contributed by atoms with Gasteiger partial charge in [0, 0.05) is 11.4 Å². The van der Waals surface area contributed by atoms with Gasteiger partial charge in [-0.3, -0.25) is 19.4 Å². The van der Waals surface area contributed by atoms with Crippen LogP contribution >= 0.6 is 22.9 Å². The van der Waals surface area contributed by atoms with E-state index in [0.717, 1.165) is 20.2 Å². The molecular weight excluding hydrogens is 374 g/mol. The average molecular weight is 392 g/mol. The summed E-state index contributed by atoms with van der Waals surface area (Å²) < 4.78 is 0.689. The van der Waals surface area contributed by atoms with Crippen LogP contribution in [0.5, 0.6) is 0 Å². The Labute approximate surface area is 160 Å². The zero-order valence-electron chi connectivity index (χ0n) is 14.2. The van der Waals surface area contributed by atoms with Crippen LogP contribution < -0.4 is 0 Å². The van der Waals surface area contributed by atoms with E-state index in [4.69, 9.17) is 11.6 Å². The van der Waals surface area contributed by atoms with Crippen LogP contribution in [0.1, 0.15) is 17.4 Å². The van der Waals surface area contributed by atoms with E-state index < -0.39 is 17.8 Å². The number of rotatable bonds is 7. The average Bonchev–Trinajstić information content (AvgIpc) is 3.14. The van der Waals surface area contributed by atoms with Crippen molar-refractivity contribution < 1.29 is 14.4 Å². The van der Waals surface area contributed by atoms with Crippen molar-refractivity contribution in [2.45, 2.75) is 20.0 Å². The van der Waals surface area contributed by atoms with Gasteiger partial charge in [0.25, 0.3) is 0 Å². The molecule has 1 aromatic carbocycles. The largest absolute Gasteiger partial charge is 0.335 e. The van der Waals surface area contributed by atoms with Crippen LogP contribution in [0.15, 0.2) is 42.5 Å². The van der Waals surface area contributed by atoms with Gasteiger partial charge in [-0.15, -0.1) is 11.3 Å². The van der Waals surface area contributed by atoms with Gasteiger partial charge >= 0.3 is 17.8 Å². The van der Waals surface area contributed by atoms with Gasteiger partial charge in [0.2, 0.25) is 0 Å². The second-order valence-electron chi connectivity index (χ2n) is 5.89. The van der Waals surface area contributed by atoms with Crippen molar-refractivity contribution in [3.8, 4) is 0 Å². The molecule has 3 rings (SSSR count). The first-order valence-corrected chi connectivity index (χ1v) is 9.37.